The number of anilines is 1. The number of nitrogen functional groups attached to an aromatic ring is 1. The fourth-order valence-electron chi connectivity index (χ4n) is 3.47. The summed E-state index contributed by atoms with van der Waals surface area (Å²) in [6.07, 6.45) is 5.32. The molecule has 1 unspecified atom stereocenters. The number of aliphatic hydroxyl groups is 1. The summed E-state index contributed by atoms with van der Waals surface area (Å²) < 4.78 is 19.6. The van der Waals surface area contributed by atoms with Crippen LogP contribution in [-0.2, 0) is 14.2 Å². The lowest BCUT2D eigenvalue weighted by atomic mass is 10.1. The van der Waals surface area contributed by atoms with E-state index in [1.807, 2.05) is 6.26 Å². The average Bonchev–Trinajstić information content (AvgIpc) is 3.20. The van der Waals surface area contributed by atoms with Gasteiger partial charge >= 0.3 is 0 Å². The molecule has 3 N–H and O–H groups in total. The number of aromatic nitrogens is 4. The third kappa shape index (κ3) is 3.27. The Balaban J connectivity index is 1.59. The zero-order chi connectivity index (χ0) is 18.1. The van der Waals surface area contributed by atoms with Gasteiger partial charge in [0.2, 0.25) is 0 Å². The Kier molecular flexibility index (Phi) is 5.28. The van der Waals surface area contributed by atoms with Crippen LogP contribution in [0.1, 0.15) is 25.5 Å². The molecule has 2 aliphatic heterocycles. The SMILES string of the molecule is CSC[C@H]1O[C@@H](n2cnc3c(N)ncnc32)[C@@H](O)[C@H]1OC1CCCCO1. The molecular formula is C16H23N5O4S. The van der Waals surface area contributed by atoms with E-state index in [2.05, 4.69) is 15.0 Å². The van der Waals surface area contributed by atoms with Crippen molar-refractivity contribution in [2.24, 2.45) is 0 Å². The first-order valence-corrected chi connectivity index (χ1v) is 10.1. The number of fused-ring (bicyclic) bond motifs is 1. The Morgan fingerprint density at radius 1 is 1.38 bits per heavy atom. The van der Waals surface area contributed by atoms with Crippen LogP contribution in [0.2, 0.25) is 0 Å². The summed E-state index contributed by atoms with van der Waals surface area (Å²) in [6, 6.07) is 0. The molecule has 10 heteroatoms. The maximum atomic E-state index is 10.9. The van der Waals surface area contributed by atoms with Gasteiger partial charge in [0.25, 0.3) is 0 Å². The summed E-state index contributed by atoms with van der Waals surface area (Å²) in [4.78, 5) is 12.4. The molecule has 0 saturated carbocycles. The van der Waals surface area contributed by atoms with Crippen LogP contribution in [0.5, 0.6) is 0 Å². The van der Waals surface area contributed by atoms with Gasteiger partial charge in [-0.25, -0.2) is 15.0 Å². The van der Waals surface area contributed by atoms with E-state index in [9.17, 15) is 5.11 Å². The molecule has 9 nitrogen and oxygen atoms in total. The minimum atomic E-state index is -0.869. The molecule has 0 aromatic carbocycles. The second-order valence-corrected chi connectivity index (χ2v) is 7.40. The molecule has 2 saturated heterocycles. The normalized spacial score (nSPS) is 32.3. The monoisotopic (exact) mass is 381 g/mol. The van der Waals surface area contributed by atoms with Crippen molar-refractivity contribution >= 4 is 28.7 Å². The van der Waals surface area contributed by atoms with Gasteiger partial charge in [-0.05, 0) is 25.5 Å². The number of imidazole rings is 1. The third-order valence-corrected chi connectivity index (χ3v) is 5.41. The van der Waals surface area contributed by atoms with Gasteiger partial charge in [-0.1, -0.05) is 0 Å². The Morgan fingerprint density at radius 3 is 3.04 bits per heavy atom. The molecule has 0 radical (unpaired) electrons. The maximum absolute atomic E-state index is 10.9. The van der Waals surface area contributed by atoms with Gasteiger partial charge in [0.1, 0.15) is 24.1 Å². The van der Waals surface area contributed by atoms with Crippen LogP contribution in [-0.4, -0.2) is 67.8 Å². The predicted molar refractivity (Wildman–Crippen MR) is 96.5 cm³/mol. The maximum Gasteiger partial charge on any atom is 0.167 e. The summed E-state index contributed by atoms with van der Waals surface area (Å²) in [6.45, 7) is 0.688. The summed E-state index contributed by atoms with van der Waals surface area (Å²) >= 11 is 1.64. The standard InChI is InChI=1S/C16H23N5O4S/c1-26-6-9-13(25-10-4-2-3-5-23-10)12(22)16(24-9)21-8-20-11-14(17)18-7-19-15(11)21/h7-10,12-13,16,22H,2-6H2,1H3,(H2,17,18,19)/t9-,10?,12+,13+,16-/m1/s1. The van der Waals surface area contributed by atoms with Crippen LogP contribution in [0.3, 0.4) is 0 Å². The number of rotatable bonds is 5. The fourth-order valence-corrected chi connectivity index (χ4v) is 4.06. The zero-order valence-corrected chi connectivity index (χ0v) is 15.3. The predicted octanol–water partition coefficient (Wildman–Crippen LogP) is 0.942. The highest BCUT2D eigenvalue weighted by Crippen LogP contribution is 2.36. The summed E-state index contributed by atoms with van der Waals surface area (Å²) in [5, 5.41) is 10.9. The van der Waals surface area contributed by atoms with Gasteiger partial charge in [-0.2, -0.15) is 11.8 Å². The number of thioether (sulfide) groups is 1. The molecule has 26 heavy (non-hydrogen) atoms. The first kappa shape index (κ1) is 17.9. The Bertz CT molecular complexity index is 753. The number of aliphatic hydroxyl groups excluding tert-OH is 1. The lowest BCUT2D eigenvalue weighted by Crippen LogP contribution is -2.40. The van der Waals surface area contributed by atoms with Gasteiger partial charge in [0, 0.05) is 12.4 Å². The van der Waals surface area contributed by atoms with Crippen molar-refractivity contribution in [2.45, 2.75) is 50.1 Å². The summed E-state index contributed by atoms with van der Waals surface area (Å²) in [5.74, 6) is 1.000. The van der Waals surface area contributed by atoms with E-state index in [4.69, 9.17) is 19.9 Å². The smallest absolute Gasteiger partial charge is 0.167 e. The molecule has 0 aliphatic carbocycles. The first-order chi connectivity index (χ1) is 12.7. The van der Waals surface area contributed by atoms with Crippen molar-refractivity contribution in [1.29, 1.82) is 0 Å². The second kappa shape index (κ2) is 7.65. The van der Waals surface area contributed by atoms with Gasteiger partial charge in [0.05, 0.1) is 12.4 Å². The number of ether oxygens (including phenoxy) is 3. The lowest BCUT2D eigenvalue weighted by Gasteiger charge is -2.29. The van der Waals surface area contributed by atoms with Crippen molar-refractivity contribution in [3.05, 3.63) is 12.7 Å². The molecular weight excluding hydrogens is 358 g/mol. The average molecular weight is 381 g/mol. The molecule has 4 heterocycles. The molecule has 2 aromatic heterocycles. The quantitative estimate of drug-likeness (QED) is 0.780. The van der Waals surface area contributed by atoms with E-state index in [1.54, 1.807) is 22.7 Å². The first-order valence-electron chi connectivity index (χ1n) is 8.71. The summed E-state index contributed by atoms with van der Waals surface area (Å²) in [7, 11) is 0. The van der Waals surface area contributed by atoms with Crippen LogP contribution in [0.25, 0.3) is 11.2 Å². The van der Waals surface area contributed by atoms with E-state index >= 15 is 0 Å². The highest BCUT2D eigenvalue weighted by atomic mass is 32.2. The van der Waals surface area contributed by atoms with E-state index in [0.717, 1.165) is 19.3 Å². The van der Waals surface area contributed by atoms with E-state index in [1.165, 1.54) is 6.33 Å². The molecule has 2 aliphatic rings. The van der Waals surface area contributed by atoms with Gasteiger partial charge in [-0.3, -0.25) is 4.57 Å². The molecule has 0 bridgehead atoms. The van der Waals surface area contributed by atoms with Crippen molar-refractivity contribution in [2.75, 3.05) is 24.3 Å². The van der Waals surface area contributed by atoms with E-state index < -0.39 is 18.4 Å². The van der Waals surface area contributed by atoms with Crippen LogP contribution >= 0.6 is 11.8 Å². The highest BCUT2D eigenvalue weighted by molar-refractivity contribution is 7.98. The van der Waals surface area contributed by atoms with Crippen LogP contribution in [0.4, 0.5) is 5.82 Å². The molecule has 2 fully saturated rings. The molecule has 5 atom stereocenters. The third-order valence-electron chi connectivity index (χ3n) is 4.75. The molecule has 2 aromatic rings. The van der Waals surface area contributed by atoms with Crippen LogP contribution in [0.15, 0.2) is 12.7 Å². The number of nitrogens with two attached hydrogens (primary N) is 1. The van der Waals surface area contributed by atoms with Crippen molar-refractivity contribution in [3.8, 4) is 0 Å². The van der Waals surface area contributed by atoms with Gasteiger partial charge in [-0.15, -0.1) is 0 Å². The van der Waals surface area contributed by atoms with Gasteiger partial charge in [0.15, 0.2) is 24.0 Å². The minimum absolute atomic E-state index is 0.257. The zero-order valence-electron chi connectivity index (χ0n) is 14.5. The van der Waals surface area contributed by atoms with Crippen LogP contribution < -0.4 is 5.73 Å². The van der Waals surface area contributed by atoms with Crippen molar-refractivity contribution in [3.63, 3.8) is 0 Å². The van der Waals surface area contributed by atoms with Crippen molar-refractivity contribution in [1.82, 2.24) is 19.5 Å². The largest absolute Gasteiger partial charge is 0.386 e. The number of nitrogens with zero attached hydrogens (tertiary/aromatic N) is 4. The molecule has 0 spiro atoms. The van der Waals surface area contributed by atoms with Gasteiger partial charge < -0.3 is 25.1 Å². The Hall–Kier alpha value is -1.46. The van der Waals surface area contributed by atoms with E-state index in [-0.39, 0.29) is 12.4 Å². The highest BCUT2D eigenvalue weighted by Gasteiger charge is 2.47. The topological polar surface area (TPSA) is 118 Å². The Morgan fingerprint density at radius 2 is 2.27 bits per heavy atom. The number of hydrogen-bond acceptors (Lipinski definition) is 9. The van der Waals surface area contributed by atoms with Crippen molar-refractivity contribution < 1.29 is 19.3 Å². The second-order valence-electron chi connectivity index (χ2n) is 6.49. The Labute approximate surface area is 155 Å². The fraction of sp³-hybridized carbons (Fsp3) is 0.688. The van der Waals surface area contributed by atoms with Crippen LogP contribution in [0, 0.1) is 0 Å². The number of hydrogen-bond donors (Lipinski definition) is 2. The summed E-state index contributed by atoms with van der Waals surface area (Å²) in [5.41, 5.74) is 6.87. The lowest BCUT2D eigenvalue weighted by molar-refractivity contribution is -0.206. The molecule has 4 rings (SSSR count). The molecule has 142 valence electrons. The van der Waals surface area contributed by atoms with E-state index in [0.29, 0.717) is 29.3 Å². The molecule has 0 amide bonds. The minimum Gasteiger partial charge on any atom is -0.386 e.